The highest BCUT2D eigenvalue weighted by Crippen LogP contribution is 2.37. The van der Waals surface area contributed by atoms with Crippen LogP contribution < -0.4 is 9.62 Å². The average molecular weight is 442 g/mol. The number of sulfonamides is 1. The van der Waals surface area contributed by atoms with Crippen molar-refractivity contribution in [2.75, 3.05) is 10.6 Å². The van der Waals surface area contributed by atoms with Crippen LogP contribution >= 0.6 is 11.3 Å². The number of carbonyl (C=O) groups excluding carboxylic acids is 1. The topological polar surface area (TPSA) is 79.4 Å². The lowest BCUT2D eigenvalue weighted by molar-refractivity contribution is -0.120. The smallest absolute Gasteiger partial charge is 0.232 e. The van der Waals surface area contributed by atoms with Gasteiger partial charge in [-0.3, -0.25) is 9.10 Å². The minimum atomic E-state index is -3.30. The van der Waals surface area contributed by atoms with Gasteiger partial charge in [-0.2, -0.15) is 0 Å². The molecule has 3 aromatic rings. The molecule has 0 fully saturated rings. The van der Waals surface area contributed by atoms with Crippen LogP contribution in [-0.4, -0.2) is 31.6 Å². The number of thiazole rings is 1. The number of rotatable bonds is 6. The van der Waals surface area contributed by atoms with Gasteiger partial charge in [0, 0.05) is 23.5 Å². The molecule has 1 aromatic heterocycles. The Labute approximate surface area is 180 Å². The standard InChI is InChI=1S/C22H23N3O3S2/c1-15-10-18-11-17(8-9-20(18)25(15)30(2,27)28)19-14-29-22(24-19)12-21(26)23-13-16-6-4-3-5-7-16/h3-9,11,14-15H,10,12-13H2,1-2H3,(H,23,26)/t15-/m0/s1. The van der Waals surface area contributed by atoms with Gasteiger partial charge < -0.3 is 5.32 Å². The molecule has 1 aliphatic rings. The number of hydrogen-bond acceptors (Lipinski definition) is 5. The minimum absolute atomic E-state index is 0.0636. The lowest BCUT2D eigenvalue weighted by Crippen LogP contribution is -2.34. The predicted molar refractivity (Wildman–Crippen MR) is 120 cm³/mol. The first-order valence-electron chi connectivity index (χ1n) is 9.69. The Morgan fingerprint density at radius 3 is 2.73 bits per heavy atom. The summed E-state index contributed by atoms with van der Waals surface area (Å²) in [7, 11) is -3.30. The van der Waals surface area contributed by atoms with Gasteiger partial charge in [0.25, 0.3) is 0 Å². The molecule has 4 rings (SSSR count). The Bertz CT molecular complexity index is 1170. The van der Waals surface area contributed by atoms with E-state index in [1.54, 1.807) is 0 Å². The molecule has 1 N–H and O–H groups in total. The summed E-state index contributed by atoms with van der Waals surface area (Å²) in [6, 6.07) is 15.4. The second-order valence-electron chi connectivity index (χ2n) is 7.52. The van der Waals surface area contributed by atoms with Crippen molar-refractivity contribution >= 4 is 33.0 Å². The normalized spacial score (nSPS) is 15.8. The molecule has 0 saturated heterocycles. The number of amides is 1. The van der Waals surface area contributed by atoms with E-state index in [-0.39, 0.29) is 18.4 Å². The summed E-state index contributed by atoms with van der Waals surface area (Å²) in [5.41, 5.74) is 4.54. The van der Waals surface area contributed by atoms with E-state index in [4.69, 9.17) is 0 Å². The van der Waals surface area contributed by atoms with Crippen LogP contribution in [0.15, 0.2) is 53.9 Å². The van der Waals surface area contributed by atoms with Crippen LogP contribution in [0, 0.1) is 0 Å². The summed E-state index contributed by atoms with van der Waals surface area (Å²) in [5, 5.41) is 5.61. The second kappa shape index (κ2) is 8.20. The van der Waals surface area contributed by atoms with E-state index in [1.807, 2.05) is 60.8 Å². The molecule has 0 saturated carbocycles. The summed E-state index contributed by atoms with van der Waals surface area (Å²) in [4.78, 5) is 16.9. The highest BCUT2D eigenvalue weighted by molar-refractivity contribution is 7.92. The lowest BCUT2D eigenvalue weighted by Gasteiger charge is -2.21. The van der Waals surface area contributed by atoms with Gasteiger partial charge in [-0.15, -0.1) is 11.3 Å². The van der Waals surface area contributed by atoms with Crippen molar-refractivity contribution in [2.45, 2.75) is 32.4 Å². The maximum absolute atomic E-state index is 12.2. The fraction of sp³-hybridized carbons (Fsp3) is 0.273. The number of carbonyl (C=O) groups is 1. The van der Waals surface area contributed by atoms with E-state index >= 15 is 0 Å². The number of nitrogens with one attached hydrogen (secondary N) is 1. The molecule has 0 spiro atoms. The van der Waals surface area contributed by atoms with Crippen LogP contribution in [0.3, 0.4) is 0 Å². The van der Waals surface area contributed by atoms with Crippen molar-refractivity contribution in [1.82, 2.24) is 10.3 Å². The van der Waals surface area contributed by atoms with Gasteiger partial charge in [-0.1, -0.05) is 36.4 Å². The summed E-state index contributed by atoms with van der Waals surface area (Å²) < 4.78 is 25.7. The van der Waals surface area contributed by atoms with E-state index in [9.17, 15) is 13.2 Å². The van der Waals surface area contributed by atoms with Crippen molar-refractivity contribution in [3.63, 3.8) is 0 Å². The predicted octanol–water partition coefficient (Wildman–Crippen LogP) is 3.38. The molecule has 2 heterocycles. The maximum atomic E-state index is 12.2. The first-order valence-corrected chi connectivity index (χ1v) is 12.4. The van der Waals surface area contributed by atoms with E-state index in [0.717, 1.165) is 33.1 Å². The van der Waals surface area contributed by atoms with Crippen LogP contribution in [0.1, 0.15) is 23.1 Å². The van der Waals surface area contributed by atoms with Crippen molar-refractivity contribution in [3.8, 4) is 11.3 Å². The Hall–Kier alpha value is -2.71. The molecule has 156 valence electrons. The van der Waals surface area contributed by atoms with E-state index in [2.05, 4.69) is 10.3 Å². The molecule has 30 heavy (non-hydrogen) atoms. The summed E-state index contributed by atoms with van der Waals surface area (Å²) in [5.74, 6) is -0.0636. The zero-order valence-electron chi connectivity index (χ0n) is 16.8. The zero-order valence-corrected chi connectivity index (χ0v) is 18.5. The number of hydrogen-bond donors (Lipinski definition) is 1. The Morgan fingerprint density at radius 2 is 2.00 bits per heavy atom. The fourth-order valence-corrected chi connectivity index (χ4v) is 5.85. The van der Waals surface area contributed by atoms with Gasteiger partial charge >= 0.3 is 0 Å². The highest BCUT2D eigenvalue weighted by atomic mass is 32.2. The van der Waals surface area contributed by atoms with Crippen LogP contribution in [0.5, 0.6) is 0 Å². The Kier molecular flexibility index (Phi) is 5.62. The van der Waals surface area contributed by atoms with Gasteiger partial charge in [0.05, 0.1) is 24.1 Å². The molecule has 2 aromatic carbocycles. The van der Waals surface area contributed by atoms with E-state index < -0.39 is 10.0 Å². The van der Waals surface area contributed by atoms with Crippen molar-refractivity contribution in [3.05, 3.63) is 70.0 Å². The van der Waals surface area contributed by atoms with Crippen molar-refractivity contribution in [1.29, 1.82) is 0 Å². The second-order valence-corrected chi connectivity index (χ2v) is 10.3. The Morgan fingerprint density at radius 1 is 1.23 bits per heavy atom. The van der Waals surface area contributed by atoms with Gasteiger partial charge in [0.15, 0.2) is 0 Å². The van der Waals surface area contributed by atoms with Crippen LogP contribution in [-0.2, 0) is 34.2 Å². The van der Waals surface area contributed by atoms with Crippen LogP contribution in [0.2, 0.25) is 0 Å². The van der Waals surface area contributed by atoms with Crippen molar-refractivity contribution in [2.24, 2.45) is 0 Å². The van der Waals surface area contributed by atoms with Gasteiger partial charge in [0.1, 0.15) is 5.01 Å². The number of fused-ring (bicyclic) bond motifs is 1. The molecule has 0 bridgehead atoms. The molecule has 1 amide bonds. The minimum Gasteiger partial charge on any atom is -0.352 e. The van der Waals surface area contributed by atoms with Crippen molar-refractivity contribution < 1.29 is 13.2 Å². The maximum Gasteiger partial charge on any atom is 0.232 e. The van der Waals surface area contributed by atoms with Gasteiger partial charge in [0.2, 0.25) is 15.9 Å². The molecule has 6 nitrogen and oxygen atoms in total. The SMILES string of the molecule is C[C@H]1Cc2cc(-c3csc(CC(=O)NCc4ccccc4)n3)ccc2N1S(C)(=O)=O. The average Bonchev–Trinajstić information content (AvgIpc) is 3.29. The third-order valence-corrected chi connectivity index (χ3v) is 7.20. The molecule has 8 heteroatoms. The summed E-state index contributed by atoms with van der Waals surface area (Å²) in [6.45, 7) is 2.41. The highest BCUT2D eigenvalue weighted by Gasteiger charge is 2.32. The third-order valence-electron chi connectivity index (χ3n) is 5.08. The first kappa shape index (κ1) is 20.6. The molecule has 0 radical (unpaired) electrons. The summed E-state index contributed by atoms with van der Waals surface area (Å²) >= 11 is 1.45. The van der Waals surface area contributed by atoms with Crippen LogP contribution in [0.4, 0.5) is 5.69 Å². The third kappa shape index (κ3) is 4.39. The van der Waals surface area contributed by atoms with E-state index in [0.29, 0.717) is 13.0 Å². The molecular formula is C22H23N3O3S2. The first-order chi connectivity index (χ1) is 14.3. The number of benzene rings is 2. The number of anilines is 1. The summed E-state index contributed by atoms with van der Waals surface area (Å²) in [6.07, 6.45) is 2.15. The zero-order chi connectivity index (χ0) is 21.3. The molecule has 1 aliphatic heterocycles. The lowest BCUT2D eigenvalue weighted by atomic mass is 10.1. The molecule has 1 atom stereocenters. The molecule has 0 aliphatic carbocycles. The fourth-order valence-electron chi connectivity index (χ4n) is 3.79. The number of nitrogens with zero attached hydrogens (tertiary/aromatic N) is 2. The Balaban J connectivity index is 1.44. The molecular weight excluding hydrogens is 418 g/mol. The largest absolute Gasteiger partial charge is 0.352 e. The van der Waals surface area contributed by atoms with Gasteiger partial charge in [-0.25, -0.2) is 13.4 Å². The quantitative estimate of drug-likeness (QED) is 0.636. The van der Waals surface area contributed by atoms with E-state index in [1.165, 1.54) is 21.9 Å². The molecule has 0 unspecified atom stereocenters. The number of aromatic nitrogens is 1. The van der Waals surface area contributed by atoms with Gasteiger partial charge in [-0.05, 0) is 36.6 Å². The van der Waals surface area contributed by atoms with Crippen LogP contribution in [0.25, 0.3) is 11.3 Å². The monoisotopic (exact) mass is 441 g/mol.